The zero-order chi connectivity index (χ0) is 26.4. The molecule has 34 heavy (non-hydrogen) atoms. The van der Waals surface area contributed by atoms with Crippen molar-refractivity contribution in [2.45, 2.75) is 90.4 Å². The monoisotopic (exact) mass is 486 g/mol. The molecule has 0 aromatic heterocycles. The predicted molar refractivity (Wildman–Crippen MR) is 127 cm³/mol. The van der Waals surface area contributed by atoms with E-state index in [0.29, 0.717) is 32.2 Å². The largest absolute Gasteiger partial charge is 0.480 e. The summed E-state index contributed by atoms with van der Waals surface area (Å²) in [5.41, 5.74) is 16.5. The maximum absolute atomic E-state index is 13.1. The number of nitrogens with one attached hydrogen (secondary N) is 3. The molecule has 5 unspecified atom stereocenters. The van der Waals surface area contributed by atoms with Gasteiger partial charge in [0.1, 0.15) is 18.1 Å². The van der Waals surface area contributed by atoms with E-state index in [0.717, 1.165) is 6.42 Å². The Labute approximate surface area is 201 Å². The van der Waals surface area contributed by atoms with E-state index in [1.807, 2.05) is 20.8 Å². The van der Waals surface area contributed by atoms with Gasteiger partial charge in [-0.3, -0.25) is 19.2 Å². The summed E-state index contributed by atoms with van der Waals surface area (Å²) >= 11 is 0. The molecule has 0 fully saturated rings. The molecule has 0 heterocycles. The maximum atomic E-state index is 13.1. The highest BCUT2D eigenvalue weighted by molar-refractivity contribution is 5.95. The van der Waals surface area contributed by atoms with E-state index in [1.165, 1.54) is 0 Å². The fourth-order valence-corrected chi connectivity index (χ4v) is 3.24. The molecule has 0 rings (SSSR count). The summed E-state index contributed by atoms with van der Waals surface area (Å²) in [5.74, 6) is -4.44. The summed E-state index contributed by atoms with van der Waals surface area (Å²) in [4.78, 5) is 61.0. The number of carbonyl (C=O) groups is 5. The Morgan fingerprint density at radius 3 is 1.94 bits per heavy atom. The molecule has 0 saturated carbocycles. The number of amides is 4. The minimum absolute atomic E-state index is 0.0485. The first-order chi connectivity index (χ1) is 15.8. The average molecular weight is 487 g/mol. The lowest BCUT2D eigenvalue weighted by molar-refractivity contribution is -0.144. The minimum atomic E-state index is -1.52. The summed E-state index contributed by atoms with van der Waals surface area (Å²) in [7, 11) is 0. The third-order valence-corrected chi connectivity index (χ3v) is 5.46. The Morgan fingerprint density at radius 2 is 1.47 bits per heavy atom. The van der Waals surface area contributed by atoms with Crippen LogP contribution in [0.4, 0.5) is 0 Å². The van der Waals surface area contributed by atoms with Crippen molar-refractivity contribution in [3.8, 4) is 0 Å². The summed E-state index contributed by atoms with van der Waals surface area (Å²) in [5, 5.41) is 16.8. The highest BCUT2D eigenvalue weighted by Crippen LogP contribution is 2.12. The van der Waals surface area contributed by atoms with Gasteiger partial charge in [0.05, 0.1) is 12.5 Å². The fraction of sp³-hybridized carbons (Fsp3) is 0.773. The van der Waals surface area contributed by atoms with Gasteiger partial charge in [0.15, 0.2) is 0 Å². The Morgan fingerprint density at radius 1 is 0.882 bits per heavy atom. The van der Waals surface area contributed by atoms with E-state index < -0.39 is 60.2 Å². The van der Waals surface area contributed by atoms with Crippen molar-refractivity contribution in [3.63, 3.8) is 0 Å². The smallest absolute Gasteiger partial charge is 0.326 e. The number of nitrogens with two attached hydrogens (primary N) is 3. The normalized spacial score (nSPS) is 15.5. The summed E-state index contributed by atoms with van der Waals surface area (Å²) < 4.78 is 0. The second-order valence-electron chi connectivity index (χ2n) is 9.02. The second-order valence-corrected chi connectivity index (χ2v) is 9.02. The maximum Gasteiger partial charge on any atom is 0.326 e. The molecule has 0 radical (unpaired) electrons. The van der Waals surface area contributed by atoms with Gasteiger partial charge < -0.3 is 38.3 Å². The Bertz CT molecular complexity index is 701. The molecule has 0 aliphatic rings. The van der Waals surface area contributed by atoms with Gasteiger partial charge in [-0.2, -0.15) is 0 Å². The van der Waals surface area contributed by atoms with E-state index in [2.05, 4.69) is 16.0 Å². The molecule has 12 heteroatoms. The second kappa shape index (κ2) is 16.0. The van der Waals surface area contributed by atoms with Crippen molar-refractivity contribution in [1.29, 1.82) is 0 Å². The van der Waals surface area contributed by atoms with Crippen LogP contribution in [0.3, 0.4) is 0 Å². The molecule has 196 valence electrons. The Kier molecular flexibility index (Phi) is 14.7. The highest BCUT2D eigenvalue weighted by atomic mass is 16.4. The van der Waals surface area contributed by atoms with Crippen LogP contribution >= 0.6 is 0 Å². The van der Waals surface area contributed by atoms with Crippen molar-refractivity contribution in [2.24, 2.45) is 29.0 Å². The van der Waals surface area contributed by atoms with Crippen LogP contribution in [0.2, 0.25) is 0 Å². The Hall–Kier alpha value is -2.73. The molecular formula is C22H42N6O6. The molecule has 0 saturated heterocycles. The van der Waals surface area contributed by atoms with Crippen molar-refractivity contribution >= 4 is 29.6 Å². The molecule has 0 bridgehead atoms. The lowest BCUT2D eigenvalue weighted by Crippen LogP contribution is -2.59. The topological polar surface area (TPSA) is 220 Å². The molecule has 0 spiro atoms. The summed E-state index contributed by atoms with van der Waals surface area (Å²) in [6.45, 7) is 7.79. The Balaban J connectivity index is 5.49. The van der Waals surface area contributed by atoms with Crippen molar-refractivity contribution in [1.82, 2.24) is 16.0 Å². The van der Waals surface area contributed by atoms with Crippen LogP contribution in [0.5, 0.6) is 0 Å². The molecular weight excluding hydrogens is 444 g/mol. The fourth-order valence-electron chi connectivity index (χ4n) is 3.24. The van der Waals surface area contributed by atoms with E-state index >= 15 is 0 Å². The van der Waals surface area contributed by atoms with Gasteiger partial charge in [-0.15, -0.1) is 0 Å². The van der Waals surface area contributed by atoms with Crippen molar-refractivity contribution in [3.05, 3.63) is 0 Å². The number of unbranched alkanes of at least 4 members (excludes halogenated alkanes) is 1. The van der Waals surface area contributed by atoms with E-state index in [9.17, 15) is 29.1 Å². The molecule has 4 amide bonds. The number of hydrogen-bond donors (Lipinski definition) is 7. The molecule has 0 aromatic rings. The highest BCUT2D eigenvalue weighted by Gasteiger charge is 2.33. The molecule has 0 aliphatic heterocycles. The first kappa shape index (κ1) is 31.3. The van der Waals surface area contributed by atoms with Crippen LogP contribution < -0.4 is 33.2 Å². The quantitative estimate of drug-likeness (QED) is 0.125. The lowest BCUT2D eigenvalue weighted by atomic mass is 9.96. The molecule has 10 N–H and O–H groups in total. The number of carboxylic acids is 1. The molecule has 5 atom stereocenters. The van der Waals surface area contributed by atoms with Crippen LogP contribution in [-0.2, 0) is 24.0 Å². The lowest BCUT2D eigenvalue weighted by Gasteiger charge is -2.28. The minimum Gasteiger partial charge on any atom is -0.480 e. The van der Waals surface area contributed by atoms with Crippen molar-refractivity contribution in [2.75, 3.05) is 6.54 Å². The van der Waals surface area contributed by atoms with Crippen LogP contribution in [0.1, 0.15) is 66.2 Å². The SMILES string of the molecule is CCC(C)C(NC(=O)C(CC(C)C)NC(=O)C(N)CCCCN)C(=O)NC(CC(N)=O)C(=O)O. The number of aliphatic carboxylic acids is 1. The summed E-state index contributed by atoms with van der Waals surface area (Å²) in [6, 6.07) is -4.34. The van der Waals surface area contributed by atoms with Gasteiger partial charge in [-0.05, 0) is 37.6 Å². The molecule has 12 nitrogen and oxygen atoms in total. The number of rotatable bonds is 17. The number of carbonyl (C=O) groups excluding carboxylic acids is 4. The van der Waals surface area contributed by atoms with Crippen LogP contribution in [0.25, 0.3) is 0 Å². The third-order valence-electron chi connectivity index (χ3n) is 5.46. The standard InChI is InChI=1S/C22H42N6O6/c1-5-13(4)18(21(32)27-16(22(33)34)11-17(25)29)28-20(31)15(10-12(2)3)26-19(30)14(24)8-6-7-9-23/h12-16,18H,5-11,23-24H2,1-4H3,(H2,25,29)(H,26,30)(H,27,32)(H,28,31)(H,33,34). The molecule has 0 aromatic carbocycles. The predicted octanol–water partition coefficient (Wildman–Crippen LogP) is -1.05. The molecule has 0 aliphatic carbocycles. The van der Waals surface area contributed by atoms with Gasteiger partial charge in [0, 0.05) is 0 Å². The van der Waals surface area contributed by atoms with E-state index in [-0.39, 0.29) is 11.8 Å². The van der Waals surface area contributed by atoms with Crippen LogP contribution in [0.15, 0.2) is 0 Å². The zero-order valence-electron chi connectivity index (χ0n) is 20.6. The first-order valence-corrected chi connectivity index (χ1v) is 11.7. The third kappa shape index (κ3) is 11.9. The van der Waals surface area contributed by atoms with E-state index in [4.69, 9.17) is 17.2 Å². The van der Waals surface area contributed by atoms with Crippen molar-refractivity contribution < 1.29 is 29.1 Å². The average Bonchev–Trinajstić information content (AvgIpc) is 2.74. The first-order valence-electron chi connectivity index (χ1n) is 11.7. The van der Waals surface area contributed by atoms with E-state index in [1.54, 1.807) is 6.92 Å². The zero-order valence-corrected chi connectivity index (χ0v) is 20.6. The van der Waals surface area contributed by atoms with Gasteiger partial charge >= 0.3 is 5.97 Å². The number of carboxylic acid groups (broad SMARTS) is 1. The van der Waals surface area contributed by atoms with Crippen LogP contribution in [-0.4, -0.2) is 65.4 Å². The van der Waals surface area contributed by atoms with Gasteiger partial charge in [0.2, 0.25) is 23.6 Å². The van der Waals surface area contributed by atoms with Gasteiger partial charge in [-0.1, -0.05) is 40.5 Å². The van der Waals surface area contributed by atoms with Crippen LogP contribution in [0, 0.1) is 11.8 Å². The van der Waals surface area contributed by atoms with Gasteiger partial charge in [0.25, 0.3) is 0 Å². The van der Waals surface area contributed by atoms with Gasteiger partial charge in [-0.25, -0.2) is 4.79 Å². The number of hydrogen-bond acceptors (Lipinski definition) is 7. The summed E-state index contributed by atoms with van der Waals surface area (Å²) in [6.07, 6.45) is 2.05. The number of primary amides is 1.